The molecule has 0 unspecified atom stereocenters. The summed E-state index contributed by atoms with van der Waals surface area (Å²) >= 11 is 0. The largest absolute Gasteiger partial charge is 0.494 e. The first kappa shape index (κ1) is 30.0. The minimum absolute atomic E-state index is 0.0287. The van der Waals surface area contributed by atoms with Crippen molar-refractivity contribution in [3.63, 3.8) is 0 Å². The second-order valence-electron chi connectivity index (χ2n) is 15.4. The molecule has 0 bridgehead atoms. The van der Waals surface area contributed by atoms with Crippen molar-refractivity contribution in [1.29, 1.82) is 0 Å². The monoisotopic (exact) mass is 588 g/mol. The van der Waals surface area contributed by atoms with Crippen LogP contribution in [0.4, 0.5) is 0 Å². The molecular weight excluding hydrogens is 542 g/mol. The van der Waals surface area contributed by atoms with E-state index in [9.17, 15) is 0 Å². The molecule has 7 rings (SSSR count). The average Bonchev–Trinajstić information content (AvgIpc) is 3.48. The molecular formula is C38H46B2O4. The lowest BCUT2D eigenvalue weighted by Gasteiger charge is -2.38. The van der Waals surface area contributed by atoms with Gasteiger partial charge in [-0.05, 0) is 113 Å². The maximum Gasteiger partial charge on any atom is 0.494 e. The van der Waals surface area contributed by atoms with Gasteiger partial charge >= 0.3 is 14.2 Å². The second-order valence-corrected chi connectivity index (χ2v) is 15.4. The lowest BCUT2D eigenvalue weighted by molar-refractivity contribution is 0.00578. The molecule has 2 heterocycles. The molecule has 2 aliphatic carbocycles. The fourth-order valence-corrected chi connectivity index (χ4v) is 7.66. The fourth-order valence-electron chi connectivity index (χ4n) is 7.66. The molecule has 3 aromatic carbocycles. The zero-order chi connectivity index (χ0) is 31.1. The number of hydrogen-bond donors (Lipinski definition) is 0. The van der Waals surface area contributed by atoms with Crippen molar-refractivity contribution < 1.29 is 18.6 Å². The summed E-state index contributed by atoms with van der Waals surface area (Å²) in [6, 6.07) is 26.9. The van der Waals surface area contributed by atoms with E-state index in [1.165, 1.54) is 52.7 Å². The molecule has 228 valence electrons. The van der Waals surface area contributed by atoms with Crippen LogP contribution in [0.5, 0.6) is 0 Å². The van der Waals surface area contributed by atoms with Crippen molar-refractivity contribution >= 4 is 36.3 Å². The van der Waals surface area contributed by atoms with Crippen molar-refractivity contribution in [3.8, 4) is 0 Å². The van der Waals surface area contributed by atoms with Gasteiger partial charge in [0.05, 0.1) is 22.4 Å². The molecule has 1 saturated carbocycles. The number of allylic oxidation sites excluding steroid dienone is 1. The van der Waals surface area contributed by atoms with Crippen LogP contribution in [0, 0.1) is 0 Å². The van der Waals surface area contributed by atoms with Crippen molar-refractivity contribution in [2.75, 3.05) is 0 Å². The minimum Gasteiger partial charge on any atom is -0.399 e. The van der Waals surface area contributed by atoms with Crippen LogP contribution in [0.15, 0.2) is 72.8 Å². The molecule has 4 aliphatic rings. The standard InChI is InChI=1S/C38H46B2O4/c1-34(2)35(3,4)42-39(41-34)28-18-14-16-26(24-28)32-30-20-10-11-21-31(30)38(22-12-9-13-23-38)33(32)27-17-15-19-29(25-27)40-43-36(5,6)37(7,8)44-40/h10-11,14-21,24-25H,9,12-13,22-23H2,1-8H3. The Kier molecular flexibility index (Phi) is 6.96. The van der Waals surface area contributed by atoms with E-state index in [1.807, 2.05) is 0 Å². The lowest BCUT2D eigenvalue weighted by atomic mass is 9.64. The van der Waals surface area contributed by atoms with Gasteiger partial charge in [0.1, 0.15) is 0 Å². The molecule has 0 N–H and O–H groups in total. The topological polar surface area (TPSA) is 36.9 Å². The first-order chi connectivity index (χ1) is 20.7. The van der Waals surface area contributed by atoms with Gasteiger partial charge in [-0.3, -0.25) is 0 Å². The third kappa shape index (κ3) is 4.59. The minimum atomic E-state index is -0.406. The van der Waals surface area contributed by atoms with Crippen LogP contribution in [-0.4, -0.2) is 36.6 Å². The highest BCUT2D eigenvalue weighted by molar-refractivity contribution is 6.62. The predicted octanol–water partition coefficient (Wildman–Crippen LogP) is 7.46. The summed E-state index contributed by atoms with van der Waals surface area (Å²) in [5.41, 5.74) is 8.57. The summed E-state index contributed by atoms with van der Waals surface area (Å²) < 4.78 is 26.0. The summed E-state index contributed by atoms with van der Waals surface area (Å²) in [5.74, 6) is 0. The lowest BCUT2D eigenvalue weighted by Crippen LogP contribution is -2.41. The number of fused-ring (bicyclic) bond motifs is 2. The van der Waals surface area contributed by atoms with Crippen LogP contribution in [0.25, 0.3) is 11.1 Å². The third-order valence-corrected chi connectivity index (χ3v) is 11.5. The van der Waals surface area contributed by atoms with E-state index >= 15 is 0 Å². The summed E-state index contributed by atoms with van der Waals surface area (Å²) in [6.45, 7) is 16.9. The number of benzene rings is 3. The Bertz CT molecular complexity index is 1600. The zero-order valence-electron chi connectivity index (χ0n) is 27.8. The zero-order valence-corrected chi connectivity index (χ0v) is 27.8. The van der Waals surface area contributed by atoms with Crippen molar-refractivity contribution in [3.05, 3.63) is 95.1 Å². The Morgan fingerprint density at radius 3 is 1.55 bits per heavy atom. The van der Waals surface area contributed by atoms with Gasteiger partial charge in [-0.15, -0.1) is 0 Å². The molecule has 3 fully saturated rings. The fraction of sp³-hybridized carbons (Fsp3) is 0.474. The molecule has 1 spiro atoms. The smallest absolute Gasteiger partial charge is 0.399 e. The Balaban J connectivity index is 1.40. The highest BCUT2D eigenvalue weighted by atomic mass is 16.7. The summed E-state index contributed by atoms with van der Waals surface area (Å²) in [5, 5.41) is 0. The van der Waals surface area contributed by atoms with Crippen molar-refractivity contribution in [1.82, 2.24) is 0 Å². The van der Waals surface area contributed by atoms with Gasteiger partial charge in [0, 0.05) is 5.41 Å². The summed E-state index contributed by atoms with van der Waals surface area (Å²) in [4.78, 5) is 0. The quantitative estimate of drug-likeness (QED) is 0.297. The highest BCUT2D eigenvalue weighted by Gasteiger charge is 2.53. The number of hydrogen-bond acceptors (Lipinski definition) is 4. The molecule has 6 heteroatoms. The van der Waals surface area contributed by atoms with Crippen LogP contribution < -0.4 is 10.9 Å². The first-order valence-electron chi connectivity index (χ1n) is 16.5. The van der Waals surface area contributed by atoms with Crippen LogP contribution in [-0.2, 0) is 24.0 Å². The molecule has 0 amide bonds. The molecule has 3 aromatic rings. The second kappa shape index (κ2) is 10.2. The van der Waals surface area contributed by atoms with Gasteiger partial charge in [-0.1, -0.05) is 92.1 Å². The molecule has 2 saturated heterocycles. The number of rotatable bonds is 4. The molecule has 0 atom stereocenters. The maximum atomic E-state index is 6.52. The summed E-state index contributed by atoms with van der Waals surface area (Å²) in [7, 11) is -0.808. The van der Waals surface area contributed by atoms with E-state index in [-0.39, 0.29) is 16.6 Å². The van der Waals surface area contributed by atoms with E-state index < -0.39 is 25.4 Å². The Morgan fingerprint density at radius 2 is 1.00 bits per heavy atom. The Hall–Kier alpha value is -2.63. The first-order valence-corrected chi connectivity index (χ1v) is 16.5. The van der Waals surface area contributed by atoms with Gasteiger partial charge in [-0.2, -0.15) is 0 Å². The Labute approximate surface area is 264 Å². The maximum absolute atomic E-state index is 6.52. The average molecular weight is 588 g/mol. The van der Waals surface area contributed by atoms with Crippen LogP contribution in [0.1, 0.15) is 110 Å². The summed E-state index contributed by atoms with van der Waals surface area (Å²) in [6.07, 6.45) is 6.06. The van der Waals surface area contributed by atoms with Gasteiger partial charge in [0.2, 0.25) is 0 Å². The predicted molar refractivity (Wildman–Crippen MR) is 181 cm³/mol. The highest BCUT2D eigenvalue weighted by Crippen LogP contribution is 2.59. The molecule has 4 nitrogen and oxygen atoms in total. The van der Waals surface area contributed by atoms with E-state index in [1.54, 1.807) is 0 Å². The van der Waals surface area contributed by atoms with Gasteiger partial charge in [0.15, 0.2) is 0 Å². The van der Waals surface area contributed by atoms with E-state index in [4.69, 9.17) is 18.6 Å². The van der Waals surface area contributed by atoms with Crippen LogP contribution in [0.3, 0.4) is 0 Å². The Morgan fingerprint density at radius 1 is 0.523 bits per heavy atom. The van der Waals surface area contributed by atoms with Gasteiger partial charge < -0.3 is 18.6 Å². The van der Waals surface area contributed by atoms with E-state index in [2.05, 4.69) is 128 Å². The van der Waals surface area contributed by atoms with Crippen molar-refractivity contribution in [2.24, 2.45) is 0 Å². The van der Waals surface area contributed by atoms with E-state index in [0.717, 1.165) is 23.8 Å². The molecule has 0 aromatic heterocycles. The van der Waals surface area contributed by atoms with Gasteiger partial charge in [-0.25, -0.2) is 0 Å². The third-order valence-electron chi connectivity index (χ3n) is 11.5. The SMILES string of the molecule is CC1(C)OB(c2cccc(C3=C(c4cccc(B5OC(C)(C)C(C)(C)O5)c4)C4(CCCCC4)c4ccccc43)c2)OC1(C)C. The molecule has 44 heavy (non-hydrogen) atoms. The van der Waals surface area contributed by atoms with Crippen molar-refractivity contribution in [2.45, 2.75) is 115 Å². The normalized spacial score (nSPS) is 24.3. The van der Waals surface area contributed by atoms with Crippen LogP contribution in [0.2, 0.25) is 0 Å². The molecule has 0 radical (unpaired) electrons. The molecule has 2 aliphatic heterocycles. The van der Waals surface area contributed by atoms with E-state index in [0.29, 0.717) is 0 Å². The van der Waals surface area contributed by atoms with Gasteiger partial charge in [0.25, 0.3) is 0 Å². The van der Waals surface area contributed by atoms with Crippen LogP contribution >= 0.6 is 0 Å².